The van der Waals surface area contributed by atoms with Crippen molar-refractivity contribution < 1.29 is 18.8 Å². The molecule has 0 radical (unpaired) electrons. The Morgan fingerprint density at radius 3 is 3.04 bits per heavy atom. The van der Waals surface area contributed by atoms with E-state index in [-0.39, 0.29) is 24.1 Å². The highest BCUT2D eigenvalue weighted by molar-refractivity contribution is 7.98. The van der Waals surface area contributed by atoms with Crippen LogP contribution in [0.2, 0.25) is 0 Å². The van der Waals surface area contributed by atoms with Gasteiger partial charge in [-0.05, 0) is 24.8 Å². The standard InChI is InChI=1S/C18H21N3O4S/c1-3-14-17(22)19-8-9-21(14)18(23)13-10-12(25-20-13)11-24-15-6-4-5-7-16(15)26-2/h4-7,10,14H,3,8-9,11H2,1-2H3,(H,19,22)/t14-/m1/s1. The van der Waals surface area contributed by atoms with Gasteiger partial charge in [-0.25, -0.2) is 0 Å². The quantitative estimate of drug-likeness (QED) is 0.780. The van der Waals surface area contributed by atoms with Crippen LogP contribution < -0.4 is 10.1 Å². The Bertz CT molecular complexity index is 792. The van der Waals surface area contributed by atoms with Crippen molar-refractivity contribution in [3.05, 3.63) is 41.8 Å². The average Bonchev–Trinajstić information content (AvgIpc) is 3.14. The number of hydrogen-bond acceptors (Lipinski definition) is 6. The van der Waals surface area contributed by atoms with Crippen LogP contribution in [0.3, 0.4) is 0 Å². The molecule has 138 valence electrons. The van der Waals surface area contributed by atoms with Crippen molar-refractivity contribution in [2.75, 3.05) is 19.3 Å². The summed E-state index contributed by atoms with van der Waals surface area (Å²) in [4.78, 5) is 27.2. The van der Waals surface area contributed by atoms with Crippen molar-refractivity contribution >= 4 is 23.6 Å². The summed E-state index contributed by atoms with van der Waals surface area (Å²) >= 11 is 1.59. The Labute approximate surface area is 156 Å². The summed E-state index contributed by atoms with van der Waals surface area (Å²) in [5, 5.41) is 6.63. The number of amides is 2. The first-order valence-electron chi connectivity index (χ1n) is 8.44. The molecule has 3 rings (SSSR count). The van der Waals surface area contributed by atoms with Gasteiger partial charge in [0.25, 0.3) is 5.91 Å². The molecule has 0 spiro atoms. The van der Waals surface area contributed by atoms with E-state index in [1.54, 1.807) is 22.7 Å². The van der Waals surface area contributed by atoms with E-state index in [2.05, 4.69) is 10.5 Å². The van der Waals surface area contributed by atoms with E-state index in [9.17, 15) is 9.59 Å². The molecule has 0 saturated carbocycles. The first-order chi connectivity index (χ1) is 12.6. The van der Waals surface area contributed by atoms with E-state index in [4.69, 9.17) is 9.26 Å². The molecule has 26 heavy (non-hydrogen) atoms. The fourth-order valence-corrected chi connectivity index (χ4v) is 3.42. The van der Waals surface area contributed by atoms with Crippen LogP contribution in [0.15, 0.2) is 39.8 Å². The molecule has 1 aromatic carbocycles. The minimum atomic E-state index is -0.471. The first kappa shape index (κ1) is 18.3. The van der Waals surface area contributed by atoms with Crippen LogP contribution in [0.25, 0.3) is 0 Å². The molecule has 1 fully saturated rings. The second-order valence-corrected chi connectivity index (χ2v) is 6.68. The predicted octanol–water partition coefficient (Wildman–Crippen LogP) is 2.33. The summed E-state index contributed by atoms with van der Waals surface area (Å²) in [5.74, 6) is 0.779. The molecule has 1 atom stereocenters. The van der Waals surface area contributed by atoms with Crippen molar-refractivity contribution in [3.63, 3.8) is 0 Å². The number of nitrogens with one attached hydrogen (secondary N) is 1. The molecule has 1 aliphatic heterocycles. The lowest BCUT2D eigenvalue weighted by Gasteiger charge is -2.33. The molecule has 0 bridgehead atoms. The highest BCUT2D eigenvalue weighted by Crippen LogP contribution is 2.27. The summed E-state index contributed by atoms with van der Waals surface area (Å²) in [6.45, 7) is 2.96. The number of benzene rings is 1. The maximum absolute atomic E-state index is 12.7. The van der Waals surface area contributed by atoms with E-state index in [0.29, 0.717) is 25.3 Å². The topological polar surface area (TPSA) is 84.7 Å². The third-order valence-electron chi connectivity index (χ3n) is 4.20. The van der Waals surface area contributed by atoms with Gasteiger partial charge < -0.3 is 19.5 Å². The van der Waals surface area contributed by atoms with Crippen molar-refractivity contribution in [2.24, 2.45) is 0 Å². The minimum absolute atomic E-state index is 0.132. The van der Waals surface area contributed by atoms with E-state index in [1.807, 2.05) is 37.4 Å². The fraction of sp³-hybridized carbons (Fsp3) is 0.389. The van der Waals surface area contributed by atoms with Crippen molar-refractivity contribution in [1.29, 1.82) is 0 Å². The molecule has 0 aliphatic carbocycles. The van der Waals surface area contributed by atoms with Crippen molar-refractivity contribution in [1.82, 2.24) is 15.4 Å². The molecule has 1 saturated heterocycles. The summed E-state index contributed by atoms with van der Waals surface area (Å²) in [6.07, 6.45) is 2.53. The monoisotopic (exact) mass is 375 g/mol. The van der Waals surface area contributed by atoms with Gasteiger partial charge in [0, 0.05) is 24.1 Å². The fourth-order valence-electron chi connectivity index (χ4n) is 2.88. The van der Waals surface area contributed by atoms with Gasteiger partial charge in [-0.15, -0.1) is 11.8 Å². The first-order valence-corrected chi connectivity index (χ1v) is 9.66. The van der Waals surface area contributed by atoms with Gasteiger partial charge in [0.05, 0.1) is 0 Å². The van der Waals surface area contributed by atoms with Crippen LogP contribution in [0.1, 0.15) is 29.6 Å². The number of carbonyl (C=O) groups excluding carboxylic acids is 2. The number of rotatable bonds is 6. The van der Waals surface area contributed by atoms with Crippen LogP contribution in [0.4, 0.5) is 0 Å². The van der Waals surface area contributed by atoms with Crippen molar-refractivity contribution in [3.8, 4) is 5.75 Å². The van der Waals surface area contributed by atoms with Gasteiger partial charge in [-0.2, -0.15) is 0 Å². The van der Waals surface area contributed by atoms with E-state index >= 15 is 0 Å². The van der Waals surface area contributed by atoms with E-state index in [0.717, 1.165) is 10.6 Å². The number of nitrogens with zero attached hydrogens (tertiary/aromatic N) is 2. The summed E-state index contributed by atoms with van der Waals surface area (Å²) < 4.78 is 11.0. The van der Waals surface area contributed by atoms with Gasteiger partial charge in [0.1, 0.15) is 18.4 Å². The summed E-state index contributed by atoms with van der Waals surface area (Å²) in [6, 6.07) is 8.80. The Balaban J connectivity index is 1.67. The molecule has 1 aliphatic rings. The molecule has 8 heteroatoms. The normalized spacial score (nSPS) is 17.1. The summed E-state index contributed by atoms with van der Waals surface area (Å²) in [7, 11) is 0. The zero-order chi connectivity index (χ0) is 18.5. The van der Waals surface area contributed by atoms with Crippen LogP contribution >= 0.6 is 11.8 Å². The highest BCUT2D eigenvalue weighted by Gasteiger charge is 2.33. The maximum atomic E-state index is 12.7. The predicted molar refractivity (Wildman–Crippen MR) is 97.2 cm³/mol. The molecule has 2 aromatic rings. The second-order valence-electron chi connectivity index (χ2n) is 5.83. The highest BCUT2D eigenvalue weighted by atomic mass is 32.2. The number of thioether (sulfide) groups is 1. The van der Waals surface area contributed by atoms with Crippen LogP contribution in [-0.4, -0.2) is 47.3 Å². The number of piperazine rings is 1. The smallest absolute Gasteiger partial charge is 0.276 e. The molecule has 1 N–H and O–H groups in total. The molecule has 1 aromatic heterocycles. The zero-order valence-corrected chi connectivity index (χ0v) is 15.5. The SMILES string of the molecule is CC[C@@H]1C(=O)NCCN1C(=O)c1cc(COc2ccccc2SC)on1. The Hall–Kier alpha value is -2.48. The molecule has 2 heterocycles. The lowest BCUT2D eigenvalue weighted by molar-refractivity contribution is -0.127. The Kier molecular flexibility index (Phi) is 5.82. The van der Waals surface area contributed by atoms with Crippen LogP contribution in [0.5, 0.6) is 5.75 Å². The van der Waals surface area contributed by atoms with Gasteiger partial charge in [-0.1, -0.05) is 24.2 Å². The van der Waals surface area contributed by atoms with Gasteiger partial charge in [0.2, 0.25) is 5.91 Å². The number of carbonyl (C=O) groups is 2. The largest absolute Gasteiger partial charge is 0.484 e. The number of hydrogen-bond donors (Lipinski definition) is 1. The minimum Gasteiger partial charge on any atom is -0.484 e. The molecule has 0 unspecified atom stereocenters. The van der Waals surface area contributed by atoms with Gasteiger partial charge in [-0.3, -0.25) is 9.59 Å². The molecule has 7 nitrogen and oxygen atoms in total. The molecule has 2 amide bonds. The number of para-hydroxylation sites is 1. The Morgan fingerprint density at radius 2 is 2.27 bits per heavy atom. The third-order valence-corrected chi connectivity index (χ3v) is 4.97. The maximum Gasteiger partial charge on any atom is 0.276 e. The van der Waals surface area contributed by atoms with E-state index in [1.165, 1.54) is 0 Å². The average molecular weight is 375 g/mol. The number of ether oxygens (including phenoxy) is 1. The molecular formula is C18H21N3O4S. The zero-order valence-electron chi connectivity index (χ0n) is 14.7. The van der Waals surface area contributed by atoms with Crippen molar-refractivity contribution in [2.45, 2.75) is 30.9 Å². The number of aromatic nitrogens is 1. The lowest BCUT2D eigenvalue weighted by Crippen LogP contribution is -2.56. The van der Waals surface area contributed by atoms with Gasteiger partial charge in [0.15, 0.2) is 11.5 Å². The van der Waals surface area contributed by atoms with E-state index < -0.39 is 6.04 Å². The molecular weight excluding hydrogens is 354 g/mol. The van der Waals surface area contributed by atoms with Crippen LogP contribution in [0, 0.1) is 0 Å². The Morgan fingerprint density at radius 1 is 1.46 bits per heavy atom. The third kappa shape index (κ3) is 3.85. The van der Waals surface area contributed by atoms with Gasteiger partial charge >= 0.3 is 0 Å². The van der Waals surface area contributed by atoms with Crippen LogP contribution in [-0.2, 0) is 11.4 Å². The summed E-state index contributed by atoms with van der Waals surface area (Å²) in [5.41, 5.74) is 0.190. The second kappa shape index (κ2) is 8.27. The lowest BCUT2D eigenvalue weighted by atomic mass is 10.1.